The molecule has 1 atom stereocenters. The van der Waals surface area contributed by atoms with Gasteiger partial charge in [-0.05, 0) is 61.2 Å². The number of piperidine rings is 1. The molecule has 10 nitrogen and oxygen atoms in total. The molecule has 48 heavy (non-hydrogen) atoms. The number of fused-ring (bicyclic) bond motifs is 1. The molecule has 4 aromatic rings. The predicted molar refractivity (Wildman–Crippen MR) is 178 cm³/mol. The topological polar surface area (TPSA) is 107 Å². The van der Waals surface area contributed by atoms with Crippen molar-refractivity contribution in [1.29, 1.82) is 0 Å². The normalized spacial score (nSPS) is 16.7. The van der Waals surface area contributed by atoms with Gasteiger partial charge in [0.1, 0.15) is 0 Å². The molecule has 2 aromatic carbocycles. The van der Waals surface area contributed by atoms with E-state index in [2.05, 4.69) is 20.2 Å². The van der Waals surface area contributed by atoms with Crippen LogP contribution in [0.2, 0.25) is 5.02 Å². The van der Waals surface area contributed by atoms with E-state index in [-0.39, 0.29) is 52.7 Å². The minimum absolute atomic E-state index is 0.0802. The van der Waals surface area contributed by atoms with Gasteiger partial charge in [0.15, 0.2) is 0 Å². The van der Waals surface area contributed by atoms with Crippen LogP contribution in [-0.4, -0.2) is 82.5 Å². The Morgan fingerprint density at radius 1 is 1.00 bits per heavy atom. The SMILES string of the molecule is CNc1c(Cl)cc(C[C@@H](CC(=O)N2CCC(n3c(=O)[nH]c4ccccc43)CC2)C(=O)N2CCN(c3ccncc3)CC2)cc1C(F)(F)F. The number of aromatic nitrogens is 3. The van der Waals surface area contributed by atoms with Crippen molar-refractivity contribution in [2.75, 3.05) is 56.5 Å². The molecule has 6 rings (SSSR count). The van der Waals surface area contributed by atoms with Crippen LogP contribution < -0.4 is 15.9 Å². The van der Waals surface area contributed by atoms with Crippen LogP contribution in [0.3, 0.4) is 0 Å². The Morgan fingerprint density at radius 2 is 1.69 bits per heavy atom. The van der Waals surface area contributed by atoms with Crippen LogP contribution in [0.5, 0.6) is 0 Å². The van der Waals surface area contributed by atoms with Gasteiger partial charge in [0.25, 0.3) is 0 Å². The zero-order chi connectivity index (χ0) is 34.0. The molecule has 2 aliphatic rings. The van der Waals surface area contributed by atoms with Crippen molar-refractivity contribution in [2.24, 2.45) is 5.92 Å². The zero-order valence-corrected chi connectivity index (χ0v) is 27.2. The molecule has 0 saturated carbocycles. The Balaban J connectivity index is 1.19. The van der Waals surface area contributed by atoms with Gasteiger partial charge in [0.05, 0.1) is 33.2 Å². The highest BCUT2D eigenvalue weighted by Gasteiger charge is 2.37. The van der Waals surface area contributed by atoms with E-state index < -0.39 is 17.7 Å². The van der Waals surface area contributed by atoms with Crippen molar-refractivity contribution in [3.8, 4) is 0 Å². The van der Waals surface area contributed by atoms with Crippen LogP contribution >= 0.6 is 11.6 Å². The summed E-state index contributed by atoms with van der Waals surface area (Å²) < 4.78 is 43.7. The number of piperazine rings is 1. The van der Waals surface area contributed by atoms with E-state index in [1.165, 1.54) is 13.1 Å². The first-order valence-corrected chi connectivity index (χ1v) is 16.4. The van der Waals surface area contributed by atoms with Crippen LogP contribution in [-0.2, 0) is 22.2 Å². The molecule has 0 aliphatic carbocycles. The number of aromatic amines is 1. The molecule has 2 amide bonds. The molecule has 0 radical (unpaired) electrons. The van der Waals surface area contributed by atoms with Crippen molar-refractivity contribution in [3.05, 3.63) is 87.6 Å². The van der Waals surface area contributed by atoms with Crippen molar-refractivity contribution in [2.45, 2.75) is 37.9 Å². The van der Waals surface area contributed by atoms with Crippen molar-refractivity contribution >= 4 is 45.8 Å². The van der Waals surface area contributed by atoms with Gasteiger partial charge in [0.2, 0.25) is 11.8 Å². The minimum Gasteiger partial charge on any atom is -0.386 e. The standard InChI is InChI=1S/C34H37ClF3N7O3/c1-39-31-26(34(36,37)38)19-22(20-27(31)35)18-23(32(47)44-16-14-42(15-17-44)24-6-10-40-11-7-24)21-30(46)43-12-8-25(9-13-43)45-29-5-3-2-4-28(29)41-33(45)48/h2-7,10-11,19-20,23,25,39H,8-9,12-18,21H2,1H3,(H,41,48)/t23-/m0/s1. The molecule has 2 saturated heterocycles. The highest BCUT2D eigenvalue weighted by atomic mass is 35.5. The lowest BCUT2D eigenvalue weighted by Crippen LogP contribution is -2.51. The molecule has 0 unspecified atom stereocenters. The van der Waals surface area contributed by atoms with Crippen molar-refractivity contribution in [3.63, 3.8) is 0 Å². The first kappa shape index (κ1) is 33.4. The summed E-state index contributed by atoms with van der Waals surface area (Å²) in [5.74, 6) is -1.42. The van der Waals surface area contributed by atoms with E-state index in [0.29, 0.717) is 52.1 Å². The van der Waals surface area contributed by atoms with Gasteiger partial charge in [-0.2, -0.15) is 13.2 Å². The lowest BCUT2D eigenvalue weighted by molar-refractivity contribution is -0.142. The Kier molecular flexibility index (Phi) is 9.68. The second-order valence-corrected chi connectivity index (χ2v) is 12.7. The molecule has 2 fully saturated rings. The fraction of sp³-hybridized carbons (Fsp3) is 0.412. The second-order valence-electron chi connectivity index (χ2n) is 12.3. The van der Waals surface area contributed by atoms with E-state index in [1.54, 1.807) is 26.8 Å². The number of carbonyl (C=O) groups excluding carboxylic acids is 2. The van der Waals surface area contributed by atoms with Gasteiger partial charge in [-0.15, -0.1) is 0 Å². The first-order chi connectivity index (χ1) is 23.0. The number of likely N-dealkylation sites (tertiary alicyclic amines) is 1. The van der Waals surface area contributed by atoms with E-state index in [9.17, 15) is 27.6 Å². The Bertz CT molecular complexity index is 1830. The summed E-state index contributed by atoms with van der Waals surface area (Å²) in [4.78, 5) is 53.0. The summed E-state index contributed by atoms with van der Waals surface area (Å²) in [5, 5.41) is 2.41. The summed E-state index contributed by atoms with van der Waals surface area (Å²) in [6.45, 7) is 2.73. The van der Waals surface area contributed by atoms with E-state index >= 15 is 0 Å². The molecule has 254 valence electrons. The molecule has 4 heterocycles. The quantitative estimate of drug-likeness (QED) is 0.265. The summed E-state index contributed by atoms with van der Waals surface area (Å²) in [7, 11) is 1.37. The number of pyridine rings is 1. The van der Waals surface area contributed by atoms with Gasteiger partial charge in [-0.25, -0.2) is 4.79 Å². The van der Waals surface area contributed by atoms with Gasteiger partial charge in [-0.1, -0.05) is 23.7 Å². The average Bonchev–Trinajstić information content (AvgIpc) is 3.43. The molecule has 0 spiro atoms. The number of nitrogens with one attached hydrogen (secondary N) is 2. The fourth-order valence-corrected chi connectivity index (χ4v) is 7.27. The smallest absolute Gasteiger partial charge is 0.386 e. The van der Waals surface area contributed by atoms with E-state index in [0.717, 1.165) is 22.8 Å². The third-order valence-electron chi connectivity index (χ3n) is 9.38. The second kappa shape index (κ2) is 13.9. The maximum Gasteiger partial charge on any atom is 0.418 e. The van der Waals surface area contributed by atoms with Gasteiger partial charge < -0.3 is 25.0 Å². The number of para-hydroxylation sites is 2. The fourth-order valence-electron chi connectivity index (χ4n) is 6.94. The monoisotopic (exact) mass is 683 g/mol. The number of hydrogen-bond acceptors (Lipinski definition) is 6. The minimum atomic E-state index is -4.67. The lowest BCUT2D eigenvalue weighted by Gasteiger charge is -2.38. The first-order valence-electron chi connectivity index (χ1n) is 16.0. The average molecular weight is 684 g/mol. The number of anilines is 2. The largest absolute Gasteiger partial charge is 0.418 e. The molecule has 2 aliphatic heterocycles. The zero-order valence-electron chi connectivity index (χ0n) is 26.5. The van der Waals surface area contributed by atoms with Crippen LogP contribution in [0.25, 0.3) is 11.0 Å². The number of benzene rings is 2. The summed E-state index contributed by atoms with van der Waals surface area (Å²) in [6, 6.07) is 13.6. The third-order valence-corrected chi connectivity index (χ3v) is 9.68. The number of amides is 2. The van der Waals surface area contributed by atoms with Crippen molar-refractivity contribution in [1.82, 2.24) is 24.3 Å². The number of alkyl halides is 3. The van der Waals surface area contributed by atoms with E-state index in [4.69, 9.17) is 11.6 Å². The number of imidazole rings is 1. The Hall–Kier alpha value is -4.52. The van der Waals surface area contributed by atoms with Gasteiger partial charge in [-0.3, -0.25) is 19.1 Å². The molecular weight excluding hydrogens is 647 g/mol. The van der Waals surface area contributed by atoms with Crippen molar-refractivity contribution < 1.29 is 22.8 Å². The number of H-pyrrole nitrogens is 1. The molecule has 14 heteroatoms. The number of hydrogen-bond donors (Lipinski definition) is 2. The molecule has 2 aromatic heterocycles. The molecular formula is C34H37ClF3N7O3. The summed E-state index contributed by atoms with van der Waals surface area (Å²) >= 11 is 6.29. The third kappa shape index (κ3) is 7.01. The highest BCUT2D eigenvalue weighted by molar-refractivity contribution is 6.33. The van der Waals surface area contributed by atoms with Crippen LogP contribution in [0.1, 0.15) is 36.4 Å². The predicted octanol–water partition coefficient (Wildman–Crippen LogP) is 5.20. The van der Waals surface area contributed by atoms with E-state index in [1.807, 2.05) is 36.4 Å². The number of carbonyl (C=O) groups is 2. The number of rotatable bonds is 8. The Labute approximate surface area is 280 Å². The molecule has 2 N–H and O–H groups in total. The van der Waals surface area contributed by atoms with Gasteiger partial charge in [0, 0.05) is 76.9 Å². The number of halogens is 4. The van der Waals surface area contributed by atoms with Crippen LogP contribution in [0.15, 0.2) is 65.7 Å². The molecule has 0 bridgehead atoms. The number of nitrogens with zero attached hydrogens (tertiary/aromatic N) is 5. The maximum absolute atomic E-state index is 14.0. The highest BCUT2D eigenvalue weighted by Crippen LogP contribution is 2.40. The summed E-state index contributed by atoms with van der Waals surface area (Å²) in [6.07, 6.45) is -0.394. The lowest BCUT2D eigenvalue weighted by atomic mass is 9.91. The Morgan fingerprint density at radius 3 is 2.35 bits per heavy atom. The van der Waals surface area contributed by atoms with Crippen LogP contribution in [0, 0.1) is 5.92 Å². The van der Waals surface area contributed by atoms with Gasteiger partial charge >= 0.3 is 11.9 Å². The maximum atomic E-state index is 14.0. The van der Waals surface area contributed by atoms with Crippen LogP contribution in [0.4, 0.5) is 24.5 Å². The summed E-state index contributed by atoms with van der Waals surface area (Å²) in [5.41, 5.74) is 1.41.